The van der Waals surface area contributed by atoms with Gasteiger partial charge in [0.15, 0.2) is 0 Å². The molecule has 2 aromatic rings. The van der Waals surface area contributed by atoms with Crippen LogP contribution in [0.15, 0.2) is 21.3 Å². The van der Waals surface area contributed by atoms with E-state index in [1.807, 2.05) is 13.2 Å². The minimum Gasteiger partial charge on any atom is -0.444 e. The number of carbonyl (C=O) groups is 2. The van der Waals surface area contributed by atoms with Crippen molar-refractivity contribution in [2.24, 2.45) is 0 Å². The first-order valence-corrected chi connectivity index (χ1v) is 12.3. The van der Waals surface area contributed by atoms with Crippen molar-refractivity contribution in [2.45, 2.75) is 71.4 Å². The molecule has 32 heavy (non-hydrogen) atoms. The Balaban J connectivity index is 1.94. The molecule has 0 spiro atoms. The number of amides is 1. The SMILES string of the molecule is CSCC[C@@H](NC(=O)OC(C)(C)C)C(=O)Oc1cc(C)cc2oc(=O)c3c(c12)CCCC3. The van der Waals surface area contributed by atoms with Crippen LogP contribution in [0.2, 0.25) is 0 Å². The average molecular weight is 462 g/mol. The molecule has 1 heterocycles. The van der Waals surface area contributed by atoms with Crippen molar-refractivity contribution in [2.75, 3.05) is 12.0 Å². The van der Waals surface area contributed by atoms with Gasteiger partial charge >= 0.3 is 17.7 Å². The Morgan fingerprint density at radius 1 is 1.19 bits per heavy atom. The highest BCUT2D eigenvalue weighted by molar-refractivity contribution is 7.98. The highest BCUT2D eigenvalue weighted by atomic mass is 32.2. The number of fused-ring (bicyclic) bond motifs is 3. The predicted molar refractivity (Wildman–Crippen MR) is 126 cm³/mol. The largest absolute Gasteiger partial charge is 0.444 e. The van der Waals surface area contributed by atoms with Crippen LogP contribution in [0, 0.1) is 6.92 Å². The Bertz CT molecular complexity index is 1070. The van der Waals surface area contributed by atoms with Crippen LogP contribution in [-0.4, -0.2) is 35.7 Å². The zero-order valence-electron chi connectivity index (χ0n) is 19.3. The van der Waals surface area contributed by atoms with E-state index in [0.29, 0.717) is 40.9 Å². The first-order chi connectivity index (χ1) is 15.1. The van der Waals surface area contributed by atoms with E-state index < -0.39 is 23.7 Å². The van der Waals surface area contributed by atoms with Crippen LogP contribution in [0.4, 0.5) is 4.79 Å². The van der Waals surface area contributed by atoms with Crippen LogP contribution in [0.5, 0.6) is 5.75 Å². The first-order valence-electron chi connectivity index (χ1n) is 10.9. The summed E-state index contributed by atoms with van der Waals surface area (Å²) in [7, 11) is 0. The summed E-state index contributed by atoms with van der Waals surface area (Å²) < 4.78 is 16.7. The van der Waals surface area contributed by atoms with Gasteiger partial charge in [-0.25, -0.2) is 14.4 Å². The average Bonchev–Trinajstić information content (AvgIpc) is 2.69. The van der Waals surface area contributed by atoms with E-state index in [2.05, 4.69) is 5.32 Å². The van der Waals surface area contributed by atoms with E-state index in [1.165, 1.54) is 0 Å². The van der Waals surface area contributed by atoms with E-state index in [4.69, 9.17) is 13.9 Å². The van der Waals surface area contributed by atoms with Crippen molar-refractivity contribution in [1.29, 1.82) is 0 Å². The minimum atomic E-state index is -0.862. The second-order valence-corrected chi connectivity index (χ2v) is 10.1. The van der Waals surface area contributed by atoms with Gasteiger partial charge in [0.05, 0.1) is 5.39 Å². The fourth-order valence-corrected chi connectivity index (χ4v) is 4.33. The van der Waals surface area contributed by atoms with Gasteiger partial charge < -0.3 is 19.2 Å². The van der Waals surface area contributed by atoms with Gasteiger partial charge in [0.25, 0.3) is 0 Å². The van der Waals surface area contributed by atoms with E-state index >= 15 is 0 Å². The number of nitrogens with one attached hydrogen (secondary N) is 1. The number of rotatable bonds is 6. The van der Waals surface area contributed by atoms with Gasteiger partial charge in [0.2, 0.25) is 0 Å². The lowest BCUT2D eigenvalue weighted by molar-refractivity contribution is -0.136. The van der Waals surface area contributed by atoms with Crippen LogP contribution in [0.25, 0.3) is 11.0 Å². The zero-order valence-corrected chi connectivity index (χ0v) is 20.1. The van der Waals surface area contributed by atoms with Crippen LogP contribution in [0.3, 0.4) is 0 Å². The second kappa shape index (κ2) is 9.98. The van der Waals surface area contributed by atoms with Gasteiger partial charge in [-0.3, -0.25) is 0 Å². The molecular formula is C24H31NO6S. The highest BCUT2D eigenvalue weighted by Crippen LogP contribution is 2.34. The van der Waals surface area contributed by atoms with Crippen molar-refractivity contribution in [1.82, 2.24) is 5.32 Å². The van der Waals surface area contributed by atoms with Crippen molar-refractivity contribution in [3.63, 3.8) is 0 Å². The third kappa shape index (κ3) is 5.85. The van der Waals surface area contributed by atoms with E-state index in [9.17, 15) is 14.4 Å². The molecule has 0 saturated carbocycles. The molecule has 0 bridgehead atoms. The fourth-order valence-electron chi connectivity index (χ4n) is 3.86. The molecule has 1 aromatic heterocycles. The van der Waals surface area contributed by atoms with Crippen LogP contribution in [0.1, 0.15) is 56.7 Å². The third-order valence-corrected chi connectivity index (χ3v) is 5.87. The minimum absolute atomic E-state index is 0.320. The van der Waals surface area contributed by atoms with Crippen molar-refractivity contribution >= 4 is 34.8 Å². The standard InChI is InChI=1S/C24H31NO6S/c1-14-12-18-20(15-8-6-7-9-16(15)21(26)29-18)19(13-14)30-22(27)17(10-11-32-5)25-23(28)31-24(2,3)4/h12-13,17H,6-11H2,1-5H3,(H,25,28)/t17-/m1/s1. The molecule has 1 aromatic carbocycles. The molecule has 0 unspecified atom stereocenters. The van der Waals surface area contributed by atoms with Crippen molar-refractivity contribution in [3.05, 3.63) is 39.2 Å². The number of alkyl carbamates (subject to hydrolysis) is 1. The number of esters is 1. The summed E-state index contributed by atoms with van der Waals surface area (Å²) in [4.78, 5) is 37.8. The summed E-state index contributed by atoms with van der Waals surface area (Å²) >= 11 is 1.57. The topological polar surface area (TPSA) is 94.8 Å². The summed E-state index contributed by atoms with van der Waals surface area (Å²) in [5.41, 5.74) is 1.78. The summed E-state index contributed by atoms with van der Waals surface area (Å²) in [6.45, 7) is 7.13. The second-order valence-electron chi connectivity index (χ2n) is 9.09. The molecule has 1 aliphatic rings. The van der Waals surface area contributed by atoms with Gasteiger partial charge in [0, 0.05) is 5.56 Å². The van der Waals surface area contributed by atoms with Gasteiger partial charge in [0.1, 0.15) is 23.0 Å². The molecule has 0 aliphatic heterocycles. The Morgan fingerprint density at radius 3 is 2.53 bits per heavy atom. The molecule has 0 fully saturated rings. The lowest BCUT2D eigenvalue weighted by Gasteiger charge is -2.23. The maximum Gasteiger partial charge on any atom is 0.408 e. The fraction of sp³-hybridized carbons (Fsp3) is 0.542. The van der Waals surface area contributed by atoms with Gasteiger partial charge in [-0.1, -0.05) is 0 Å². The quantitative estimate of drug-likeness (QED) is 0.384. The molecule has 3 rings (SSSR count). The Kier molecular flexibility index (Phi) is 7.54. The van der Waals surface area contributed by atoms with E-state index in [0.717, 1.165) is 30.4 Å². The molecule has 1 amide bonds. The van der Waals surface area contributed by atoms with Gasteiger partial charge in [-0.05, 0) is 95.1 Å². The summed E-state index contributed by atoms with van der Waals surface area (Å²) in [5, 5.41) is 3.31. The summed E-state index contributed by atoms with van der Waals surface area (Å²) in [6, 6.07) is 2.70. The Morgan fingerprint density at radius 2 is 1.88 bits per heavy atom. The highest BCUT2D eigenvalue weighted by Gasteiger charge is 2.28. The zero-order chi connectivity index (χ0) is 23.5. The Hall–Kier alpha value is -2.48. The van der Waals surface area contributed by atoms with Crippen LogP contribution < -0.4 is 15.7 Å². The van der Waals surface area contributed by atoms with Crippen LogP contribution in [-0.2, 0) is 22.4 Å². The summed E-state index contributed by atoms with van der Waals surface area (Å²) in [6.07, 6.45) is 4.94. The molecule has 174 valence electrons. The predicted octanol–water partition coefficient (Wildman–Crippen LogP) is 4.53. The lowest BCUT2D eigenvalue weighted by atomic mass is 9.90. The normalized spacial score (nSPS) is 14.5. The van der Waals surface area contributed by atoms with E-state index in [1.54, 1.807) is 44.7 Å². The summed E-state index contributed by atoms with van der Waals surface area (Å²) in [5.74, 6) is 0.439. The Labute approximate surface area is 192 Å². The molecule has 0 radical (unpaired) electrons. The molecular weight excluding hydrogens is 430 g/mol. The lowest BCUT2D eigenvalue weighted by Crippen LogP contribution is -2.45. The first kappa shape index (κ1) is 24.2. The van der Waals surface area contributed by atoms with E-state index in [-0.39, 0.29) is 5.63 Å². The number of carbonyl (C=O) groups excluding carboxylic acids is 2. The maximum absolute atomic E-state index is 13.1. The molecule has 8 heteroatoms. The van der Waals surface area contributed by atoms with Gasteiger partial charge in [-0.15, -0.1) is 0 Å². The molecule has 1 aliphatic carbocycles. The van der Waals surface area contributed by atoms with Crippen LogP contribution >= 0.6 is 11.8 Å². The molecule has 7 nitrogen and oxygen atoms in total. The number of ether oxygens (including phenoxy) is 2. The van der Waals surface area contributed by atoms with Crippen molar-refractivity contribution in [3.8, 4) is 5.75 Å². The number of aryl methyl sites for hydroxylation is 2. The number of hydrogen-bond donors (Lipinski definition) is 1. The third-order valence-electron chi connectivity index (χ3n) is 5.23. The molecule has 0 saturated heterocycles. The smallest absolute Gasteiger partial charge is 0.408 e. The number of hydrogen-bond acceptors (Lipinski definition) is 7. The number of thioether (sulfide) groups is 1. The molecule has 1 N–H and O–H groups in total. The number of benzene rings is 1. The molecule has 1 atom stereocenters. The maximum atomic E-state index is 13.1. The van der Waals surface area contributed by atoms with Crippen molar-refractivity contribution < 1.29 is 23.5 Å². The van der Waals surface area contributed by atoms with Gasteiger partial charge in [-0.2, -0.15) is 11.8 Å². The monoisotopic (exact) mass is 461 g/mol.